The largest absolute Gasteiger partial charge is 0.465 e. The number of fused-ring (bicyclic) bond motifs is 1. The fraction of sp³-hybridized carbons (Fsp3) is 0.381. The molecule has 31 heavy (non-hydrogen) atoms. The van der Waals surface area contributed by atoms with Crippen molar-refractivity contribution >= 4 is 23.2 Å². The molecule has 1 aromatic carbocycles. The molecule has 0 amide bonds. The second-order valence-corrected chi connectivity index (χ2v) is 7.13. The van der Waals surface area contributed by atoms with E-state index in [2.05, 4.69) is 9.98 Å². The van der Waals surface area contributed by atoms with E-state index >= 15 is 0 Å². The first-order chi connectivity index (χ1) is 14.6. The van der Waals surface area contributed by atoms with Gasteiger partial charge in [-0.05, 0) is 32.8 Å². The van der Waals surface area contributed by atoms with Crippen LogP contribution in [0, 0.1) is 41.9 Å². The number of nitrogens with two attached hydrogens (primary N) is 1. The van der Waals surface area contributed by atoms with Crippen LogP contribution in [0.5, 0.6) is 0 Å². The van der Waals surface area contributed by atoms with Crippen molar-refractivity contribution in [3.63, 3.8) is 0 Å². The van der Waals surface area contributed by atoms with Gasteiger partial charge in [0.2, 0.25) is 5.82 Å². The zero-order valence-corrected chi connectivity index (χ0v) is 17.2. The Hall–Kier alpha value is -3.04. The summed E-state index contributed by atoms with van der Waals surface area (Å²) in [5.74, 6) is -14.7. The second-order valence-electron chi connectivity index (χ2n) is 7.13. The SMILES string of the molecule is CCOC(=O)C1C(C)=Nc2nc(CC)c(C)c(N)c2C1c1c(F)c(F)c(F)c(F)c1F. The van der Waals surface area contributed by atoms with Gasteiger partial charge in [0.1, 0.15) is 5.92 Å². The Labute approximate surface area is 175 Å². The third-order valence-electron chi connectivity index (χ3n) is 5.42. The number of aryl methyl sites for hydroxylation is 1. The van der Waals surface area contributed by atoms with E-state index in [1.54, 1.807) is 6.92 Å². The number of rotatable bonds is 4. The molecule has 1 aromatic heterocycles. The fourth-order valence-electron chi connectivity index (χ4n) is 3.87. The van der Waals surface area contributed by atoms with Crippen LogP contribution in [-0.2, 0) is 16.0 Å². The van der Waals surface area contributed by atoms with Crippen molar-refractivity contribution in [2.24, 2.45) is 10.9 Å². The summed E-state index contributed by atoms with van der Waals surface area (Å²) in [7, 11) is 0. The van der Waals surface area contributed by atoms with Gasteiger partial charge < -0.3 is 10.5 Å². The maximum Gasteiger partial charge on any atom is 0.315 e. The van der Waals surface area contributed by atoms with Gasteiger partial charge >= 0.3 is 5.97 Å². The molecule has 0 radical (unpaired) electrons. The quantitative estimate of drug-likeness (QED) is 0.324. The molecule has 0 fully saturated rings. The molecule has 2 atom stereocenters. The number of esters is 1. The number of ether oxygens (including phenoxy) is 1. The normalized spacial score (nSPS) is 17.9. The molecule has 10 heteroatoms. The summed E-state index contributed by atoms with van der Waals surface area (Å²) >= 11 is 0. The van der Waals surface area contributed by atoms with Crippen LogP contribution in [0.25, 0.3) is 0 Å². The van der Waals surface area contributed by atoms with E-state index in [0.717, 1.165) is 0 Å². The van der Waals surface area contributed by atoms with Crippen molar-refractivity contribution in [2.75, 3.05) is 12.3 Å². The zero-order chi connectivity index (χ0) is 23.2. The molecule has 2 unspecified atom stereocenters. The van der Waals surface area contributed by atoms with Crippen molar-refractivity contribution in [3.8, 4) is 0 Å². The minimum atomic E-state index is -2.29. The molecule has 3 rings (SSSR count). The maximum atomic E-state index is 14.8. The minimum absolute atomic E-state index is 0.0151. The summed E-state index contributed by atoms with van der Waals surface area (Å²) in [4.78, 5) is 21.3. The molecular formula is C21H20F5N3O2. The van der Waals surface area contributed by atoms with Gasteiger partial charge in [-0.3, -0.25) is 4.79 Å². The van der Waals surface area contributed by atoms with Crippen LogP contribution in [-0.4, -0.2) is 23.3 Å². The van der Waals surface area contributed by atoms with Gasteiger partial charge in [-0.1, -0.05) is 6.92 Å². The lowest BCUT2D eigenvalue weighted by molar-refractivity contribution is -0.146. The van der Waals surface area contributed by atoms with Crippen LogP contribution < -0.4 is 5.73 Å². The number of pyridine rings is 1. The Bertz CT molecular complexity index is 1090. The summed E-state index contributed by atoms with van der Waals surface area (Å²) < 4.78 is 76.5. The second kappa shape index (κ2) is 8.24. The van der Waals surface area contributed by atoms with Crippen molar-refractivity contribution < 1.29 is 31.5 Å². The van der Waals surface area contributed by atoms with Crippen LogP contribution in [0.3, 0.4) is 0 Å². The average molecular weight is 441 g/mol. The first kappa shape index (κ1) is 22.6. The highest BCUT2D eigenvalue weighted by Gasteiger charge is 2.45. The molecule has 0 aliphatic carbocycles. The summed E-state index contributed by atoms with van der Waals surface area (Å²) in [6.45, 7) is 6.26. The topological polar surface area (TPSA) is 77.6 Å². The highest BCUT2D eigenvalue weighted by atomic mass is 19.2. The Balaban J connectivity index is 2.45. The first-order valence-corrected chi connectivity index (χ1v) is 9.58. The monoisotopic (exact) mass is 441 g/mol. The summed E-state index contributed by atoms with van der Waals surface area (Å²) in [6, 6.07) is 0. The predicted molar refractivity (Wildman–Crippen MR) is 104 cm³/mol. The predicted octanol–water partition coefficient (Wildman–Crippen LogP) is 4.65. The standard InChI is InChI=1S/C21H20F5N3O2/c1-5-9-7(3)19(27)13-11(12-14(22)16(24)18(26)17(25)15(12)23)10(21(30)31-6-2)8(4)28-20(13)29-9/h10-11H,5-6H2,1-4H3,(H2,27,29). The van der Waals surface area contributed by atoms with E-state index in [0.29, 0.717) is 17.7 Å². The molecule has 2 N–H and O–H groups in total. The molecule has 2 aromatic rings. The molecule has 2 heterocycles. The molecular weight excluding hydrogens is 421 g/mol. The summed E-state index contributed by atoms with van der Waals surface area (Å²) in [6.07, 6.45) is 0.465. The van der Waals surface area contributed by atoms with Crippen LogP contribution in [0.15, 0.2) is 4.99 Å². The lowest BCUT2D eigenvalue weighted by Gasteiger charge is -2.33. The van der Waals surface area contributed by atoms with Gasteiger partial charge in [0.05, 0.1) is 6.61 Å². The van der Waals surface area contributed by atoms with Crippen molar-refractivity contribution in [2.45, 2.75) is 40.0 Å². The lowest BCUT2D eigenvalue weighted by atomic mass is 9.75. The van der Waals surface area contributed by atoms with Crippen LogP contribution >= 0.6 is 0 Å². The van der Waals surface area contributed by atoms with Crippen molar-refractivity contribution in [1.82, 2.24) is 4.98 Å². The van der Waals surface area contributed by atoms with Crippen LogP contribution in [0.2, 0.25) is 0 Å². The highest BCUT2D eigenvalue weighted by molar-refractivity contribution is 6.05. The van der Waals surface area contributed by atoms with Crippen LogP contribution in [0.1, 0.15) is 49.1 Å². The van der Waals surface area contributed by atoms with Gasteiger partial charge in [0.25, 0.3) is 0 Å². The first-order valence-electron chi connectivity index (χ1n) is 9.58. The number of aromatic nitrogens is 1. The van der Waals surface area contributed by atoms with E-state index in [4.69, 9.17) is 10.5 Å². The Morgan fingerprint density at radius 2 is 1.52 bits per heavy atom. The van der Waals surface area contributed by atoms with Gasteiger partial charge in [-0.25, -0.2) is 31.9 Å². The van der Waals surface area contributed by atoms with E-state index in [-0.39, 0.29) is 29.4 Å². The third-order valence-corrected chi connectivity index (χ3v) is 5.42. The molecule has 5 nitrogen and oxygen atoms in total. The van der Waals surface area contributed by atoms with Gasteiger partial charge in [0, 0.05) is 34.1 Å². The molecule has 0 saturated heterocycles. The van der Waals surface area contributed by atoms with E-state index in [9.17, 15) is 26.7 Å². The smallest absolute Gasteiger partial charge is 0.315 e. The lowest BCUT2D eigenvalue weighted by Crippen LogP contribution is -2.35. The van der Waals surface area contributed by atoms with Crippen molar-refractivity contribution in [1.29, 1.82) is 0 Å². The Morgan fingerprint density at radius 3 is 2.03 bits per heavy atom. The maximum absolute atomic E-state index is 14.8. The Kier molecular flexibility index (Phi) is 6.02. The van der Waals surface area contributed by atoms with Gasteiger partial charge in [-0.15, -0.1) is 0 Å². The number of hydrogen-bond acceptors (Lipinski definition) is 5. The van der Waals surface area contributed by atoms with Crippen molar-refractivity contribution in [3.05, 3.63) is 51.5 Å². The molecule has 166 valence electrons. The minimum Gasteiger partial charge on any atom is -0.465 e. The zero-order valence-electron chi connectivity index (χ0n) is 17.2. The number of halogens is 5. The molecule has 1 aliphatic heterocycles. The molecule has 0 bridgehead atoms. The third kappa shape index (κ3) is 3.43. The number of hydrogen-bond donors (Lipinski definition) is 1. The number of nitrogens with zero attached hydrogens (tertiary/aromatic N) is 2. The highest BCUT2D eigenvalue weighted by Crippen LogP contribution is 2.48. The van der Waals surface area contributed by atoms with Gasteiger partial charge in [0.15, 0.2) is 29.1 Å². The molecule has 1 aliphatic rings. The molecule has 0 saturated carbocycles. The number of carbonyl (C=O) groups is 1. The molecule has 0 spiro atoms. The number of benzene rings is 1. The number of carbonyl (C=O) groups excluding carboxylic acids is 1. The average Bonchev–Trinajstić information content (AvgIpc) is 2.73. The number of nitrogen functional groups attached to an aromatic ring is 1. The summed E-state index contributed by atoms with van der Waals surface area (Å²) in [5.41, 5.74) is 6.06. The Morgan fingerprint density at radius 1 is 0.968 bits per heavy atom. The fourth-order valence-corrected chi connectivity index (χ4v) is 3.87. The van der Waals surface area contributed by atoms with E-state index in [1.807, 2.05) is 6.92 Å². The van der Waals surface area contributed by atoms with E-state index in [1.165, 1.54) is 13.8 Å². The van der Waals surface area contributed by atoms with Crippen LogP contribution in [0.4, 0.5) is 33.5 Å². The summed E-state index contributed by atoms with van der Waals surface area (Å²) in [5, 5.41) is 0. The van der Waals surface area contributed by atoms with Gasteiger partial charge in [-0.2, -0.15) is 0 Å². The number of anilines is 1. The van der Waals surface area contributed by atoms with E-state index < -0.39 is 52.5 Å². The number of aliphatic imine (C=N–C) groups is 1.